The maximum Gasteiger partial charge on any atom is 0.305 e. The van der Waals surface area contributed by atoms with Gasteiger partial charge in [0.15, 0.2) is 0 Å². The van der Waals surface area contributed by atoms with Crippen LogP contribution in [0.1, 0.15) is 16.7 Å². The number of nitrogens with one attached hydrogen (secondary N) is 1. The first-order valence-electron chi connectivity index (χ1n) is 6.36. The molecule has 2 aromatic carbocycles. The van der Waals surface area contributed by atoms with E-state index in [0.29, 0.717) is 0 Å². The van der Waals surface area contributed by atoms with Gasteiger partial charge in [-0.15, -0.1) is 0 Å². The molecule has 0 bridgehead atoms. The van der Waals surface area contributed by atoms with Crippen molar-refractivity contribution in [1.82, 2.24) is 0 Å². The number of anilines is 1. The van der Waals surface area contributed by atoms with Gasteiger partial charge in [0.25, 0.3) is 0 Å². The Labute approximate surface area is 114 Å². The molecule has 0 heterocycles. The van der Waals surface area contributed by atoms with Gasteiger partial charge in [0, 0.05) is 12.2 Å². The van der Waals surface area contributed by atoms with Crippen LogP contribution in [0.25, 0.3) is 0 Å². The second-order valence-electron chi connectivity index (χ2n) is 4.64. The Hall–Kier alpha value is -1.78. The lowest BCUT2D eigenvalue weighted by molar-refractivity contribution is 0.282. The molecule has 19 heavy (non-hydrogen) atoms. The summed E-state index contributed by atoms with van der Waals surface area (Å²) in [5.41, 5.74) is 4.93. The van der Waals surface area contributed by atoms with Crippen LogP contribution in [0, 0.1) is 6.92 Å². The summed E-state index contributed by atoms with van der Waals surface area (Å²) in [7, 11) is -0.0596. The molecule has 2 aromatic rings. The molecule has 0 fully saturated rings. The SMILES string of the molecule is Cc1ccc(CNc2ccc(CO)c(BO)c2)cc1. The highest BCUT2D eigenvalue weighted by atomic mass is 16.3. The largest absolute Gasteiger partial charge is 0.449 e. The molecule has 0 aromatic heterocycles. The number of aliphatic hydroxyl groups excluding tert-OH is 1. The zero-order valence-electron chi connectivity index (χ0n) is 11.1. The number of aryl methyl sites for hydroxylation is 1. The van der Waals surface area contributed by atoms with Crippen molar-refractivity contribution in [3.05, 3.63) is 59.2 Å². The van der Waals surface area contributed by atoms with Crippen LogP contribution in [0.2, 0.25) is 0 Å². The van der Waals surface area contributed by atoms with Gasteiger partial charge in [-0.1, -0.05) is 35.9 Å². The zero-order valence-corrected chi connectivity index (χ0v) is 11.1. The van der Waals surface area contributed by atoms with Crippen LogP contribution in [-0.2, 0) is 13.2 Å². The molecule has 0 radical (unpaired) electrons. The third kappa shape index (κ3) is 3.59. The predicted molar refractivity (Wildman–Crippen MR) is 79.9 cm³/mol. The van der Waals surface area contributed by atoms with Gasteiger partial charge in [-0.25, -0.2) is 0 Å². The van der Waals surface area contributed by atoms with Crippen LogP contribution in [0.5, 0.6) is 0 Å². The molecule has 0 saturated heterocycles. The highest BCUT2D eigenvalue weighted by Crippen LogP contribution is 2.10. The van der Waals surface area contributed by atoms with E-state index in [-0.39, 0.29) is 14.1 Å². The Balaban J connectivity index is 2.05. The smallest absolute Gasteiger partial charge is 0.305 e. The molecule has 0 spiro atoms. The van der Waals surface area contributed by atoms with Crippen molar-refractivity contribution in [1.29, 1.82) is 0 Å². The maximum absolute atomic E-state index is 9.25. The summed E-state index contributed by atoms with van der Waals surface area (Å²) in [5.74, 6) is 0. The monoisotopic (exact) mass is 255 g/mol. The first kappa shape index (κ1) is 13.7. The summed E-state index contributed by atoms with van der Waals surface area (Å²) in [6, 6.07) is 14.0. The fourth-order valence-electron chi connectivity index (χ4n) is 1.95. The summed E-state index contributed by atoms with van der Waals surface area (Å²) in [5, 5.41) is 21.7. The van der Waals surface area contributed by atoms with Crippen molar-refractivity contribution in [2.75, 3.05) is 5.32 Å². The molecule has 4 heteroatoms. The fraction of sp³-hybridized carbons (Fsp3) is 0.200. The Morgan fingerprint density at radius 3 is 2.47 bits per heavy atom. The van der Waals surface area contributed by atoms with Crippen molar-refractivity contribution in [2.24, 2.45) is 0 Å². The number of hydrogen-bond donors (Lipinski definition) is 3. The van der Waals surface area contributed by atoms with Crippen molar-refractivity contribution in [2.45, 2.75) is 20.1 Å². The van der Waals surface area contributed by atoms with Gasteiger partial charge in [-0.2, -0.15) is 0 Å². The van der Waals surface area contributed by atoms with Gasteiger partial charge in [-0.3, -0.25) is 0 Å². The Morgan fingerprint density at radius 1 is 1.11 bits per heavy atom. The second-order valence-corrected chi connectivity index (χ2v) is 4.64. The zero-order chi connectivity index (χ0) is 13.7. The van der Waals surface area contributed by atoms with Gasteiger partial charge >= 0.3 is 7.48 Å². The van der Waals surface area contributed by atoms with Gasteiger partial charge in [0.2, 0.25) is 0 Å². The summed E-state index contributed by atoms with van der Waals surface area (Å²) in [6.07, 6.45) is 0. The second kappa shape index (κ2) is 6.41. The highest BCUT2D eigenvalue weighted by Gasteiger charge is 2.03. The lowest BCUT2D eigenvalue weighted by atomic mass is 9.84. The standard InChI is InChI=1S/C15H18BNO2/c1-11-2-4-12(5-3-11)9-17-14-7-6-13(10-18)15(8-14)16-19/h2-8,16-19H,9-10H2,1H3. The van der Waals surface area contributed by atoms with E-state index in [4.69, 9.17) is 5.11 Å². The van der Waals surface area contributed by atoms with Gasteiger partial charge in [0.05, 0.1) is 6.61 Å². The molecule has 0 saturated carbocycles. The normalized spacial score (nSPS) is 10.3. The van der Waals surface area contributed by atoms with Crippen LogP contribution in [0.15, 0.2) is 42.5 Å². The van der Waals surface area contributed by atoms with Crippen LogP contribution in [0.3, 0.4) is 0 Å². The fourth-order valence-corrected chi connectivity index (χ4v) is 1.95. The molecule has 98 valence electrons. The third-order valence-electron chi connectivity index (χ3n) is 3.16. The third-order valence-corrected chi connectivity index (χ3v) is 3.16. The van der Waals surface area contributed by atoms with E-state index in [1.54, 1.807) is 0 Å². The first-order valence-corrected chi connectivity index (χ1v) is 6.36. The van der Waals surface area contributed by atoms with Gasteiger partial charge in [0.1, 0.15) is 0 Å². The quantitative estimate of drug-likeness (QED) is 0.700. The minimum absolute atomic E-state index is 0.0475. The molecule has 3 nitrogen and oxygen atoms in total. The van der Waals surface area contributed by atoms with Crippen molar-refractivity contribution in [3.8, 4) is 0 Å². The maximum atomic E-state index is 9.25. The molecule has 2 rings (SSSR count). The van der Waals surface area contributed by atoms with Crippen molar-refractivity contribution < 1.29 is 10.1 Å². The minimum Gasteiger partial charge on any atom is -0.449 e. The molecule has 0 unspecified atom stereocenters. The highest BCUT2D eigenvalue weighted by molar-refractivity contribution is 6.46. The van der Waals surface area contributed by atoms with Crippen LogP contribution in [0.4, 0.5) is 5.69 Å². The molecule has 3 N–H and O–H groups in total. The number of benzene rings is 2. The van der Waals surface area contributed by atoms with E-state index < -0.39 is 0 Å². The Morgan fingerprint density at radius 2 is 1.84 bits per heavy atom. The van der Waals surface area contributed by atoms with Gasteiger partial charge < -0.3 is 15.4 Å². The molecule has 0 atom stereocenters. The minimum atomic E-state index is -0.0596. The first-order chi connectivity index (χ1) is 9.22. The molecule has 0 amide bonds. The molecule has 0 aliphatic rings. The summed E-state index contributed by atoms with van der Waals surface area (Å²) in [4.78, 5) is 0. The molecule has 0 aliphatic heterocycles. The summed E-state index contributed by atoms with van der Waals surface area (Å²) in [6.45, 7) is 2.76. The van der Waals surface area contributed by atoms with Crippen molar-refractivity contribution in [3.63, 3.8) is 0 Å². The average Bonchev–Trinajstić information content (AvgIpc) is 2.46. The Kier molecular flexibility index (Phi) is 4.60. The molecule has 0 aliphatic carbocycles. The van der Waals surface area contributed by atoms with E-state index in [1.165, 1.54) is 11.1 Å². The lowest BCUT2D eigenvalue weighted by Crippen LogP contribution is -2.19. The van der Waals surface area contributed by atoms with E-state index in [1.807, 2.05) is 18.2 Å². The Bertz CT molecular complexity index is 540. The van der Waals surface area contributed by atoms with Crippen LogP contribution < -0.4 is 10.8 Å². The van der Waals surface area contributed by atoms with Crippen LogP contribution in [-0.4, -0.2) is 17.6 Å². The topological polar surface area (TPSA) is 52.5 Å². The van der Waals surface area contributed by atoms with Crippen molar-refractivity contribution >= 4 is 18.6 Å². The summed E-state index contributed by atoms with van der Waals surface area (Å²) < 4.78 is 0. The number of aliphatic hydroxyl groups is 1. The van der Waals surface area contributed by atoms with Crippen LogP contribution >= 0.6 is 0 Å². The van der Waals surface area contributed by atoms with E-state index in [9.17, 15) is 5.02 Å². The molecular formula is C15H18BNO2. The lowest BCUT2D eigenvalue weighted by Gasteiger charge is -2.10. The van der Waals surface area contributed by atoms with E-state index >= 15 is 0 Å². The average molecular weight is 255 g/mol. The summed E-state index contributed by atoms with van der Waals surface area (Å²) >= 11 is 0. The molecular weight excluding hydrogens is 237 g/mol. The predicted octanol–water partition coefficient (Wildman–Crippen LogP) is 1.07. The van der Waals surface area contributed by atoms with E-state index in [2.05, 4.69) is 36.5 Å². The number of rotatable bonds is 5. The number of hydrogen-bond acceptors (Lipinski definition) is 3. The van der Waals surface area contributed by atoms with E-state index in [0.717, 1.165) is 23.3 Å². The van der Waals surface area contributed by atoms with Gasteiger partial charge in [-0.05, 0) is 35.6 Å².